The molecule has 8 nitrogen and oxygen atoms in total. The van der Waals surface area contributed by atoms with Gasteiger partial charge in [-0.3, -0.25) is 9.78 Å². The predicted octanol–water partition coefficient (Wildman–Crippen LogP) is 2.96. The Kier molecular flexibility index (Phi) is 6.21. The van der Waals surface area contributed by atoms with Gasteiger partial charge in [-0.15, -0.1) is 0 Å². The average molecular weight is 382 g/mol. The summed E-state index contributed by atoms with van der Waals surface area (Å²) in [4.78, 5) is 20.6. The molecule has 0 bridgehead atoms. The first kappa shape index (κ1) is 19.3. The normalized spacial score (nSPS) is 11.7. The molecule has 1 atom stereocenters. The molecule has 0 saturated carbocycles. The number of aromatic nitrogens is 3. The molecule has 0 fully saturated rings. The van der Waals surface area contributed by atoms with Gasteiger partial charge in [0.15, 0.2) is 0 Å². The van der Waals surface area contributed by atoms with Gasteiger partial charge < -0.3 is 19.3 Å². The molecule has 1 amide bonds. The Morgan fingerprint density at radius 1 is 1.18 bits per heavy atom. The zero-order chi connectivity index (χ0) is 19.9. The number of rotatable bonds is 8. The summed E-state index contributed by atoms with van der Waals surface area (Å²) >= 11 is 0. The van der Waals surface area contributed by atoms with Crippen molar-refractivity contribution in [1.29, 1.82) is 0 Å². The first-order valence-corrected chi connectivity index (χ1v) is 8.85. The van der Waals surface area contributed by atoms with Crippen LogP contribution in [-0.4, -0.2) is 35.3 Å². The van der Waals surface area contributed by atoms with E-state index in [0.717, 1.165) is 11.1 Å². The third-order valence-corrected chi connectivity index (χ3v) is 4.25. The van der Waals surface area contributed by atoms with Crippen molar-refractivity contribution in [1.82, 2.24) is 20.4 Å². The van der Waals surface area contributed by atoms with Crippen LogP contribution in [0.4, 0.5) is 0 Å². The first-order valence-electron chi connectivity index (χ1n) is 8.85. The molecule has 0 aliphatic heterocycles. The van der Waals surface area contributed by atoms with Crippen molar-refractivity contribution in [2.24, 2.45) is 0 Å². The summed E-state index contributed by atoms with van der Waals surface area (Å²) in [7, 11) is 3.19. The summed E-state index contributed by atoms with van der Waals surface area (Å²) < 4.78 is 15.9. The molecule has 1 aromatic carbocycles. The number of amides is 1. The molecule has 146 valence electrons. The maximum Gasteiger partial charge on any atom is 0.227 e. The number of nitrogens with one attached hydrogen (secondary N) is 1. The van der Waals surface area contributed by atoms with E-state index in [4.69, 9.17) is 14.0 Å². The number of aryl methyl sites for hydroxylation is 1. The second kappa shape index (κ2) is 8.98. The second-order valence-electron chi connectivity index (χ2n) is 6.14. The van der Waals surface area contributed by atoms with E-state index in [1.807, 2.05) is 25.1 Å². The lowest BCUT2D eigenvalue weighted by atomic mass is 10.1. The van der Waals surface area contributed by atoms with E-state index in [1.54, 1.807) is 38.7 Å². The van der Waals surface area contributed by atoms with Crippen LogP contribution >= 0.6 is 0 Å². The van der Waals surface area contributed by atoms with Gasteiger partial charge in [0.25, 0.3) is 0 Å². The molecule has 0 aliphatic rings. The van der Waals surface area contributed by atoms with Crippen LogP contribution in [0, 0.1) is 0 Å². The second-order valence-corrected chi connectivity index (χ2v) is 6.14. The summed E-state index contributed by atoms with van der Waals surface area (Å²) in [6.07, 6.45) is 3.90. The lowest BCUT2D eigenvalue weighted by Gasteiger charge is -2.18. The number of hydrogen-bond donors (Lipinski definition) is 1. The van der Waals surface area contributed by atoms with Crippen LogP contribution in [0.15, 0.2) is 47.2 Å². The zero-order valence-corrected chi connectivity index (χ0v) is 16.0. The summed E-state index contributed by atoms with van der Waals surface area (Å²) in [6.45, 7) is 1.89. The highest BCUT2D eigenvalue weighted by molar-refractivity contribution is 5.76. The van der Waals surface area contributed by atoms with Crippen LogP contribution in [0.5, 0.6) is 11.5 Å². The molecular formula is C20H22N4O4. The molecule has 8 heteroatoms. The van der Waals surface area contributed by atoms with Gasteiger partial charge in [0.2, 0.25) is 17.6 Å². The van der Waals surface area contributed by atoms with Crippen molar-refractivity contribution >= 4 is 5.91 Å². The molecule has 3 rings (SSSR count). The zero-order valence-electron chi connectivity index (χ0n) is 16.0. The summed E-state index contributed by atoms with van der Waals surface area (Å²) in [5.74, 6) is 2.15. The van der Waals surface area contributed by atoms with Crippen LogP contribution in [0.3, 0.4) is 0 Å². The van der Waals surface area contributed by atoms with Gasteiger partial charge in [0, 0.05) is 36.4 Å². The minimum atomic E-state index is -0.243. The Balaban J connectivity index is 1.58. The van der Waals surface area contributed by atoms with E-state index in [0.29, 0.717) is 29.6 Å². The maximum atomic E-state index is 12.3. The SMILES string of the molecule is COc1ccc(OC)c(C(C)NC(=O)CCc2nc(-c3ccncc3)no2)c1. The van der Waals surface area contributed by atoms with Crippen molar-refractivity contribution in [3.8, 4) is 22.9 Å². The largest absolute Gasteiger partial charge is 0.497 e. The highest BCUT2D eigenvalue weighted by atomic mass is 16.5. The summed E-state index contributed by atoms with van der Waals surface area (Å²) in [5, 5.41) is 6.90. The lowest BCUT2D eigenvalue weighted by Crippen LogP contribution is -2.27. The number of benzene rings is 1. The Bertz CT molecular complexity index is 927. The first-order chi connectivity index (χ1) is 13.6. The minimum absolute atomic E-state index is 0.124. The van der Waals surface area contributed by atoms with Gasteiger partial charge in [0.05, 0.1) is 20.3 Å². The van der Waals surface area contributed by atoms with Gasteiger partial charge in [-0.05, 0) is 37.3 Å². The molecular weight excluding hydrogens is 360 g/mol. The smallest absolute Gasteiger partial charge is 0.227 e. The fourth-order valence-electron chi connectivity index (χ4n) is 2.76. The van der Waals surface area contributed by atoms with Gasteiger partial charge in [-0.1, -0.05) is 5.16 Å². The standard InChI is InChI=1S/C20H22N4O4/c1-13(16-12-15(26-2)4-5-17(16)27-3)22-18(25)6-7-19-23-20(24-28-19)14-8-10-21-11-9-14/h4-5,8-13H,6-7H2,1-3H3,(H,22,25). The molecule has 28 heavy (non-hydrogen) atoms. The van der Waals surface area contributed by atoms with Crippen molar-refractivity contribution < 1.29 is 18.8 Å². The molecule has 0 aliphatic carbocycles. The van der Waals surface area contributed by atoms with E-state index in [1.165, 1.54) is 0 Å². The Hall–Kier alpha value is -3.42. The monoisotopic (exact) mass is 382 g/mol. The fourth-order valence-corrected chi connectivity index (χ4v) is 2.76. The lowest BCUT2D eigenvalue weighted by molar-refractivity contribution is -0.121. The third-order valence-electron chi connectivity index (χ3n) is 4.25. The van der Waals surface area contributed by atoms with Crippen molar-refractivity contribution in [2.75, 3.05) is 14.2 Å². The van der Waals surface area contributed by atoms with Gasteiger partial charge in [-0.2, -0.15) is 4.98 Å². The van der Waals surface area contributed by atoms with Crippen molar-refractivity contribution in [2.45, 2.75) is 25.8 Å². The van der Waals surface area contributed by atoms with E-state index in [9.17, 15) is 4.79 Å². The van der Waals surface area contributed by atoms with Crippen LogP contribution < -0.4 is 14.8 Å². The van der Waals surface area contributed by atoms with E-state index in [2.05, 4.69) is 20.4 Å². The Morgan fingerprint density at radius 2 is 1.96 bits per heavy atom. The molecule has 1 unspecified atom stereocenters. The molecule has 1 N–H and O–H groups in total. The summed E-state index contributed by atoms with van der Waals surface area (Å²) in [5.41, 5.74) is 1.65. The molecule has 0 spiro atoms. The molecule has 2 heterocycles. The molecule has 2 aromatic heterocycles. The number of hydrogen-bond acceptors (Lipinski definition) is 7. The Labute approximate surface area is 162 Å². The van der Waals surface area contributed by atoms with Crippen LogP contribution in [0.25, 0.3) is 11.4 Å². The highest BCUT2D eigenvalue weighted by Gasteiger charge is 2.16. The number of pyridine rings is 1. The molecule has 0 saturated heterocycles. The minimum Gasteiger partial charge on any atom is -0.497 e. The topological polar surface area (TPSA) is 99.4 Å². The number of carbonyl (C=O) groups is 1. The van der Waals surface area contributed by atoms with Gasteiger partial charge >= 0.3 is 0 Å². The molecule has 3 aromatic rings. The molecule has 0 radical (unpaired) electrons. The highest BCUT2D eigenvalue weighted by Crippen LogP contribution is 2.29. The van der Waals surface area contributed by atoms with E-state index >= 15 is 0 Å². The predicted molar refractivity (Wildman–Crippen MR) is 102 cm³/mol. The van der Waals surface area contributed by atoms with Crippen molar-refractivity contribution in [3.63, 3.8) is 0 Å². The number of ether oxygens (including phenoxy) is 2. The quantitative estimate of drug-likeness (QED) is 0.639. The van der Waals surface area contributed by atoms with E-state index in [-0.39, 0.29) is 18.4 Å². The van der Waals surface area contributed by atoms with Crippen LogP contribution in [-0.2, 0) is 11.2 Å². The Morgan fingerprint density at radius 3 is 2.68 bits per heavy atom. The van der Waals surface area contributed by atoms with Gasteiger partial charge in [0.1, 0.15) is 11.5 Å². The van der Waals surface area contributed by atoms with Gasteiger partial charge in [-0.25, -0.2) is 0 Å². The summed E-state index contributed by atoms with van der Waals surface area (Å²) in [6, 6.07) is 8.83. The van der Waals surface area contributed by atoms with E-state index < -0.39 is 0 Å². The number of methoxy groups -OCH3 is 2. The third kappa shape index (κ3) is 4.64. The number of carbonyl (C=O) groups excluding carboxylic acids is 1. The van der Waals surface area contributed by atoms with Crippen molar-refractivity contribution in [3.05, 3.63) is 54.2 Å². The maximum absolute atomic E-state index is 12.3. The van der Waals surface area contributed by atoms with Crippen LogP contribution in [0.1, 0.15) is 30.8 Å². The number of nitrogens with zero attached hydrogens (tertiary/aromatic N) is 3. The average Bonchev–Trinajstić information content (AvgIpc) is 3.21. The van der Waals surface area contributed by atoms with Crippen LogP contribution in [0.2, 0.25) is 0 Å². The fraction of sp³-hybridized carbons (Fsp3) is 0.300.